The summed E-state index contributed by atoms with van der Waals surface area (Å²) in [7, 11) is 0. The molecule has 0 saturated carbocycles. The van der Waals surface area contributed by atoms with E-state index in [4.69, 9.17) is 9.52 Å². The first-order chi connectivity index (χ1) is 7.16. The lowest BCUT2D eigenvalue weighted by Gasteiger charge is -1.94. The molecule has 0 aliphatic rings. The molecule has 0 aliphatic heterocycles. The van der Waals surface area contributed by atoms with Crippen molar-refractivity contribution in [3.8, 4) is 11.6 Å². The van der Waals surface area contributed by atoms with E-state index in [0.29, 0.717) is 5.69 Å². The largest absolute Gasteiger partial charge is 0.474 e. The van der Waals surface area contributed by atoms with Crippen LogP contribution in [0.3, 0.4) is 0 Å². The monoisotopic (exact) mass is 205 g/mol. The van der Waals surface area contributed by atoms with Gasteiger partial charge in [-0.25, -0.2) is 9.78 Å². The number of nitrogens with zero attached hydrogens (tertiary/aromatic N) is 3. The van der Waals surface area contributed by atoms with Gasteiger partial charge in [-0.2, -0.15) is 0 Å². The number of carbonyl (C=O) groups is 1. The minimum atomic E-state index is -1.25. The Morgan fingerprint density at radius 1 is 1.40 bits per heavy atom. The highest BCUT2D eigenvalue weighted by Gasteiger charge is 2.14. The van der Waals surface area contributed by atoms with Crippen LogP contribution in [-0.2, 0) is 0 Å². The van der Waals surface area contributed by atoms with Crippen LogP contribution in [-0.4, -0.2) is 26.3 Å². The van der Waals surface area contributed by atoms with Crippen molar-refractivity contribution in [3.05, 3.63) is 29.8 Å². The van der Waals surface area contributed by atoms with Gasteiger partial charge in [-0.15, -0.1) is 10.2 Å². The molecule has 76 valence electrons. The Morgan fingerprint density at radius 3 is 2.80 bits per heavy atom. The maximum atomic E-state index is 10.5. The molecule has 0 fully saturated rings. The second kappa shape index (κ2) is 3.49. The number of carboxylic acid groups (broad SMARTS) is 1. The predicted molar refractivity (Wildman–Crippen MR) is 49.2 cm³/mol. The lowest BCUT2D eigenvalue weighted by Crippen LogP contribution is -1.95. The third-order valence-corrected chi connectivity index (χ3v) is 1.72. The summed E-state index contributed by atoms with van der Waals surface area (Å²) >= 11 is 0. The summed E-state index contributed by atoms with van der Waals surface area (Å²) in [5.41, 5.74) is 1.26. The number of hydrogen-bond acceptors (Lipinski definition) is 5. The summed E-state index contributed by atoms with van der Waals surface area (Å²) in [6, 6.07) is 5.27. The van der Waals surface area contributed by atoms with E-state index in [9.17, 15) is 4.79 Å². The Hall–Kier alpha value is -2.24. The van der Waals surface area contributed by atoms with Crippen LogP contribution in [0.15, 0.2) is 22.6 Å². The SMILES string of the molecule is Cc1cccc(-c2nnc(C(=O)O)o2)n1. The van der Waals surface area contributed by atoms with Crippen molar-refractivity contribution >= 4 is 5.97 Å². The Labute approximate surface area is 84.6 Å². The molecular weight excluding hydrogens is 198 g/mol. The van der Waals surface area contributed by atoms with Crippen LogP contribution in [0.1, 0.15) is 16.4 Å². The summed E-state index contributed by atoms with van der Waals surface area (Å²) in [4.78, 5) is 14.6. The summed E-state index contributed by atoms with van der Waals surface area (Å²) in [6.07, 6.45) is 0. The molecule has 0 amide bonds. The molecule has 0 unspecified atom stereocenters. The zero-order chi connectivity index (χ0) is 10.8. The van der Waals surface area contributed by atoms with E-state index in [1.165, 1.54) is 0 Å². The highest BCUT2D eigenvalue weighted by atomic mass is 16.4. The summed E-state index contributed by atoms with van der Waals surface area (Å²) in [5, 5.41) is 15.5. The molecule has 0 radical (unpaired) electrons. The van der Waals surface area contributed by atoms with Gasteiger partial charge in [0.25, 0.3) is 5.89 Å². The van der Waals surface area contributed by atoms with E-state index in [1.807, 2.05) is 13.0 Å². The molecule has 0 spiro atoms. The second-order valence-corrected chi connectivity index (χ2v) is 2.88. The van der Waals surface area contributed by atoms with Crippen LogP contribution in [0.25, 0.3) is 11.6 Å². The van der Waals surface area contributed by atoms with Crippen molar-refractivity contribution in [2.75, 3.05) is 0 Å². The fraction of sp³-hybridized carbons (Fsp3) is 0.111. The van der Waals surface area contributed by atoms with Gasteiger partial charge in [0.2, 0.25) is 0 Å². The zero-order valence-electron chi connectivity index (χ0n) is 7.84. The fourth-order valence-corrected chi connectivity index (χ4v) is 1.08. The number of carboxylic acids is 1. The molecule has 0 aliphatic carbocycles. The van der Waals surface area contributed by atoms with Gasteiger partial charge in [0.15, 0.2) is 0 Å². The molecule has 0 saturated heterocycles. The van der Waals surface area contributed by atoms with Gasteiger partial charge < -0.3 is 9.52 Å². The lowest BCUT2D eigenvalue weighted by atomic mass is 10.3. The third kappa shape index (κ3) is 1.83. The van der Waals surface area contributed by atoms with Gasteiger partial charge in [0, 0.05) is 5.69 Å². The molecule has 15 heavy (non-hydrogen) atoms. The number of aromatic carboxylic acids is 1. The van der Waals surface area contributed by atoms with E-state index >= 15 is 0 Å². The summed E-state index contributed by atoms with van der Waals surface area (Å²) < 4.78 is 4.90. The molecule has 2 aromatic heterocycles. The Bertz CT molecular complexity index is 507. The highest BCUT2D eigenvalue weighted by Crippen LogP contribution is 2.15. The minimum absolute atomic E-state index is 0.108. The molecule has 2 rings (SSSR count). The van der Waals surface area contributed by atoms with Crippen molar-refractivity contribution in [2.45, 2.75) is 6.92 Å². The van der Waals surface area contributed by atoms with Crippen LogP contribution in [0, 0.1) is 6.92 Å². The molecule has 2 heterocycles. The molecule has 0 aromatic carbocycles. The third-order valence-electron chi connectivity index (χ3n) is 1.72. The van der Waals surface area contributed by atoms with Crippen LogP contribution >= 0.6 is 0 Å². The molecule has 6 heteroatoms. The van der Waals surface area contributed by atoms with Crippen LogP contribution in [0.2, 0.25) is 0 Å². The molecule has 0 bridgehead atoms. The van der Waals surface area contributed by atoms with Crippen molar-refractivity contribution < 1.29 is 14.3 Å². The first-order valence-corrected chi connectivity index (χ1v) is 4.17. The number of hydrogen-bond donors (Lipinski definition) is 1. The molecule has 2 aromatic rings. The molecule has 1 N–H and O–H groups in total. The van der Waals surface area contributed by atoms with Crippen molar-refractivity contribution in [3.63, 3.8) is 0 Å². The predicted octanol–water partition coefficient (Wildman–Crippen LogP) is 1.14. The normalized spacial score (nSPS) is 10.2. The van der Waals surface area contributed by atoms with E-state index in [1.54, 1.807) is 12.1 Å². The highest BCUT2D eigenvalue weighted by molar-refractivity contribution is 5.82. The zero-order valence-corrected chi connectivity index (χ0v) is 7.84. The number of aromatic nitrogens is 3. The second-order valence-electron chi connectivity index (χ2n) is 2.88. The van der Waals surface area contributed by atoms with E-state index in [0.717, 1.165) is 5.69 Å². The number of rotatable bonds is 2. The minimum Gasteiger partial charge on any atom is -0.474 e. The number of aryl methyl sites for hydroxylation is 1. The van der Waals surface area contributed by atoms with Gasteiger partial charge in [-0.05, 0) is 19.1 Å². The maximum Gasteiger partial charge on any atom is 0.393 e. The van der Waals surface area contributed by atoms with Crippen LogP contribution < -0.4 is 0 Å². The lowest BCUT2D eigenvalue weighted by molar-refractivity contribution is 0.0654. The van der Waals surface area contributed by atoms with Gasteiger partial charge in [0.1, 0.15) is 5.69 Å². The molecular formula is C9H7N3O3. The average molecular weight is 205 g/mol. The van der Waals surface area contributed by atoms with E-state index < -0.39 is 11.9 Å². The van der Waals surface area contributed by atoms with Crippen molar-refractivity contribution in [1.82, 2.24) is 15.2 Å². The van der Waals surface area contributed by atoms with Gasteiger partial charge in [-0.1, -0.05) is 6.07 Å². The first-order valence-electron chi connectivity index (χ1n) is 4.17. The fourth-order valence-electron chi connectivity index (χ4n) is 1.08. The summed E-state index contributed by atoms with van der Waals surface area (Å²) in [6.45, 7) is 1.82. The Balaban J connectivity index is 2.41. The molecule has 0 atom stereocenters. The van der Waals surface area contributed by atoms with Gasteiger partial charge in [0.05, 0.1) is 0 Å². The van der Waals surface area contributed by atoms with E-state index in [-0.39, 0.29) is 5.89 Å². The smallest absolute Gasteiger partial charge is 0.393 e. The Kier molecular flexibility index (Phi) is 2.17. The first kappa shape index (κ1) is 9.32. The standard InChI is InChI=1S/C9H7N3O3/c1-5-3-2-4-6(10-5)7-11-12-8(15-7)9(13)14/h2-4H,1H3,(H,13,14). The topological polar surface area (TPSA) is 89.1 Å². The van der Waals surface area contributed by atoms with Crippen molar-refractivity contribution in [1.29, 1.82) is 0 Å². The van der Waals surface area contributed by atoms with Gasteiger partial charge in [-0.3, -0.25) is 0 Å². The van der Waals surface area contributed by atoms with Crippen LogP contribution in [0.4, 0.5) is 0 Å². The van der Waals surface area contributed by atoms with Gasteiger partial charge >= 0.3 is 11.9 Å². The molecule has 6 nitrogen and oxygen atoms in total. The van der Waals surface area contributed by atoms with Crippen molar-refractivity contribution in [2.24, 2.45) is 0 Å². The average Bonchev–Trinajstić information content (AvgIpc) is 2.66. The maximum absolute atomic E-state index is 10.5. The van der Waals surface area contributed by atoms with Crippen LogP contribution in [0.5, 0.6) is 0 Å². The van der Waals surface area contributed by atoms with E-state index in [2.05, 4.69) is 15.2 Å². The Morgan fingerprint density at radius 2 is 2.20 bits per heavy atom. The quantitative estimate of drug-likeness (QED) is 0.790. The number of pyridine rings is 1. The summed E-state index contributed by atoms with van der Waals surface area (Å²) in [5.74, 6) is -1.58.